The fourth-order valence-electron chi connectivity index (χ4n) is 2.91. The van der Waals surface area contributed by atoms with Crippen LogP contribution < -0.4 is 14.5 Å². The van der Waals surface area contributed by atoms with E-state index in [-0.39, 0.29) is 18.1 Å². The standard InChI is InChI=1S/C22H21N5O3S2/c1-15-20(21(29)25-32(3)30)24-22(31-15)27(18-11-9-16(13-23)10-12-18)14-19(28)26(2)17-7-5-4-6-8-17/h4-12H,14H2,1-3H3,(H,25,29). The summed E-state index contributed by atoms with van der Waals surface area (Å²) in [5.74, 6) is -0.729. The van der Waals surface area contributed by atoms with Crippen LogP contribution in [0.4, 0.5) is 16.5 Å². The molecule has 164 valence electrons. The zero-order valence-electron chi connectivity index (χ0n) is 17.7. The highest BCUT2D eigenvalue weighted by Crippen LogP contribution is 2.32. The number of carbonyl (C=O) groups excluding carboxylic acids is 2. The summed E-state index contributed by atoms with van der Waals surface area (Å²) in [4.78, 5) is 33.7. The molecule has 10 heteroatoms. The number of amides is 2. The number of hydrogen-bond donors (Lipinski definition) is 1. The van der Waals surface area contributed by atoms with Crippen molar-refractivity contribution in [2.24, 2.45) is 0 Å². The number of anilines is 3. The van der Waals surface area contributed by atoms with E-state index in [4.69, 9.17) is 5.26 Å². The van der Waals surface area contributed by atoms with Crippen molar-refractivity contribution >= 4 is 50.6 Å². The number of nitriles is 1. The fraction of sp³-hybridized carbons (Fsp3) is 0.182. The Balaban J connectivity index is 1.96. The molecule has 0 aliphatic carbocycles. The van der Waals surface area contributed by atoms with Crippen LogP contribution in [0.25, 0.3) is 0 Å². The van der Waals surface area contributed by atoms with Crippen LogP contribution in [-0.4, -0.2) is 40.9 Å². The number of thiazole rings is 1. The summed E-state index contributed by atoms with van der Waals surface area (Å²) in [6, 6.07) is 18.1. The number of carbonyl (C=O) groups is 2. The second-order valence-electron chi connectivity index (χ2n) is 6.82. The van der Waals surface area contributed by atoms with Gasteiger partial charge >= 0.3 is 0 Å². The highest BCUT2D eigenvalue weighted by Gasteiger charge is 2.24. The van der Waals surface area contributed by atoms with Crippen LogP contribution >= 0.6 is 11.3 Å². The quantitative estimate of drug-likeness (QED) is 0.572. The van der Waals surface area contributed by atoms with Gasteiger partial charge in [-0.3, -0.25) is 14.3 Å². The highest BCUT2D eigenvalue weighted by atomic mass is 32.2. The van der Waals surface area contributed by atoms with Gasteiger partial charge in [0.25, 0.3) is 5.91 Å². The molecule has 0 bridgehead atoms. The molecule has 0 aliphatic heterocycles. The van der Waals surface area contributed by atoms with Crippen LogP contribution in [-0.2, 0) is 15.8 Å². The van der Waals surface area contributed by atoms with Crippen molar-refractivity contribution in [2.45, 2.75) is 6.92 Å². The summed E-state index contributed by atoms with van der Waals surface area (Å²) < 4.78 is 13.7. The predicted octanol–water partition coefficient (Wildman–Crippen LogP) is 3.15. The van der Waals surface area contributed by atoms with Gasteiger partial charge in [0.05, 0.1) is 11.6 Å². The van der Waals surface area contributed by atoms with E-state index >= 15 is 0 Å². The molecule has 32 heavy (non-hydrogen) atoms. The molecule has 1 aromatic heterocycles. The Morgan fingerprint density at radius 2 is 1.78 bits per heavy atom. The van der Waals surface area contributed by atoms with Crippen molar-refractivity contribution in [1.29, 1.82) is 5.26 Å². The first-order valence-corrected chi connectivity index (χ1v) is 11.9. The molecular formula is C22H21N5O3S2. The van der Waals surface area contributed by atoms with E-state index in [0.29, 0.717) is 21.3 Å². The molecule has 2 aromatic carbocycles. The summed E-state index contributed by atoms with van der Waals surface area (Å²) in [7, 11) is 0.170. The average Bonchev–Trinajstić information content (AvgIpc) is 3.18. The summed E-state index contributed by atoms with van der Waals surface area (Å²) in [6.07, 6.45) is 1.36. The molecule has 0 aliphatic rings. The first-order valence-electron chi connectivity index (χ1n) is 9.51. The molecule has 0 spiro atoms. The van der Waals surface area contributed by atoms with Gasteiger partial charge in [0.2, 0.25) is 5.91 Å². The normalized spacial score (nSPS) is 11.3. The third-order valence-electron chi connectivity index (χ3n) is 4.59. The third kappa shape index (κ3) is 5.38. The minimum absolute atomic E-state index is 0.0367. The zero-order valence-corrected chi connectivity index (χ0v) is 19.4. The minimum Gasteiger partial charge on any atom is -0.314 e. The number of aryl methyl sites for hydroxylation is 1. The Labute approximate surface area is 192 Å². The Kier molecular flexibility index (Phi) is 7.35. The molecule has 1 N–H and O–H groups in total. The first kappa shape index (κ1) is 23.1. The molecule has 0 fully saturated rings. The lowest BCUT2D eigenvalue weighted by Crippen LogP contribution is -2.36. The SMILES string of the molecule is Cc1sc(N(CC(=O)N(C)c2ccccc2)c2ccc(C#N)cc2)nc1C(=O)NS(C)=O. The number of nitrogens with zero attached hydrogens (tertiary/aromatic N) is 4. The predicted molar refractivity (Wildman–Crippen MR) is 126 cm³/mol. The maximum absolute atomic E-state index is 13.1. The molecule has 0 saturated heterocycles. The van der Waals surface area contributed by atoms with Gasteiger partial charge in [-0.2, -0.15) is 5.26 Å². The van der Waals surface area contributed by atoms with Crippen molar-refractivity contribution in [2.75, 3.05) is 29.6 Å². The van der Waals surface area contributed by atoms with Gasteiger partial charge in [-0.25, -0.2) is 9.19 Å². The van der Waals surface area contributed by atoms with Gasteiger partial charge < -0.3 is 9.80 Å². The van der Waals surface area contributed by atoms with Crippen molar-refractivity contribution in [3.8, 4) is 6.07 Å². The molecule has 0 saturated carbocycles. The lowest BCUT2D eigenvalue weighted by Gasteiger charge is -2.25. The van der Waals surface area contributed by atoms with Gasteiger partial charge in [-0.15, -0.1) is 11.3 Å². The van der Waals surface area contributed by atoms with E-state index < -0.39 is 16.9 Å². The van der Waals surface area contributed by atoms with Crippen LogP contribution in [0.1, 0.15) is 20.9 Å². The van der Waals surface area contributed by atoms with Crippen LogP contribution in [0.2, 0.25) is 0 Å². The molecular weight excluding hydrogens is 446 g/mol. The lowest BCUT2D eigenvalue weighted by molar-refractivity contribution is -0.116. The van der Waals surface area contributed by atoms with E-state index in [1.54, 1.807) is 48.0 Å². The van der Waals surface area contributed by atoms with Crippen LogP contribution in [0, 0.1) is 18.3 Å². The Morgan fingerprint density at radius 3 is 2.38 bits per heavy atom. The summed E-state index contributed by atoms with van der Waals surface area (Å²) >= 11 is 1.25. The summed E-state index contributed by atoms with van der Waals surface area (Å²) in [5.41, 5.74) is 2.04. The van der Waals surface area contributed by atoms with Crippen LogP contribution in [0.15, 0.2) is 54.6 Å². The molecule has 1 heterocycles. The topological polar surface area (TPSA) is 106 Å². The van der Waals surface area contributed by atoms with Gasteiger partial charge in [-0.05, 0) is 43.3 Å². The lowest BCUT2D eigenvalue weighted by atomic mass is 10.2. The Hall–Kier alpha value is -3.55. The van der Waals surface area contributed by atoms with Crippen molar-refractivity contribution < 1.29 is 13.8 Å². The number of aromatic nitrogens is 1. The Bertz CT molecular complexity index is 1190. The van der Waals surface area contributed by atoms with Gasteiger partial charge in [0.1, 0.15) is 23.2 Å². The number of rotatable bonds is 7. The largest absolute Gasteiger partial charge is 0.314 e. The number of benzene rings is 2. The molecule has 8 nitrogen and oxygen atoms in total. The highest BCUT2D eigenvalue weighted by molar-refractivity contribution is 7.82. The number of likely N-dealkylation sites (N-methyl/N-ethyl adjacent to an activating group) is 1. The van der Waals surface area contributed by atoms with E-state index in [1.165, 1.54) is 17.6 Å². The smallest absolute Gasteiger partial charge is 0.282 e. The molecule has 3 aromatic rings. The fourth-order valence-corrected chi connectivity index (χ4v) is 4.19. The van der Waals surface area contributed by atoms with E-state index in [0.717, 1.165) is 5.69 Å². The third-order valence-corrected chi connectivity index (χ3v) is 6.05. The van der Waals surface area contributed by atoms with E-state index in [1.807, 2.05) is 30.3 Å². The maximum atomic E-state index is 13.1. The number of para-hydroxylation sites is 1. The van der Waals surface area contributed by atoms with Gasteiger partial charge in [0.15, 0.2) is 5.13 Å². The number of hydrogen-bond acceptors (Lipinski definition) is 7. The van der Waals surface area contributed by atoms with Gasteiger partial charge in [-0.1, -0.05) is 18.2 Å². The van der Waals surface area contributed by atoms with E-state index in [9.17, 15) is 13.8 Å². The minimum atomic E-state index is -1.52. The average molecular weight is 468 g/mol. The molecule has 2 amide bonds. The first-order chi connectivity index (χ1) is 15.3. The summed E-state index contributed by atoms with van der Waals surface area (Å²) in [6.45, 7) is 1.70. The molecule has 1 atom stereocenters. The monoisotopic (exact) mass is 467 g/mol. The van der Waals surface area contributed by atoms with E-state index in [2.05, 4.69) is 15.8 Å². The number of nitrogens with one attached hydrogen (secondary N) is 1. The van der Waals surface area contributed by atoms with Crippen LogP contribution in [0.3, 0.4) is 0 Å². The molecule has 1 unspecified atom stereocenters. The molecule has 3 rings (SSSR count). The Morgan fingerprint density at radius 1 is 1.12 bits per heavy atom. The van der Waals surface area contributed by atoms with Crippen molar-refractivity contribution in [1.82, 2.24) is 9.71 Å². The molecule has 0 radical (unpaired) electrons. The second kappa shape index (κ2) is 10.2. The van der Waals surface area contributed by atoms with Crippen molar-refractivity contribution in [3.05, 3.63) is 70.7 Å². The summed E-state index contributed by atoms with van der Waals surface area (Å²) in [5, 5.41) is 9.54. The van der Waals surface area contributed by atoms with Gasteiger partial charge in [0, 0.05) is 29.6 Å². The van der Waals surface area contributed by atoms with Crippen molar-refractivity contribution in [3.63, 3.8) is 0 Å². The zero-order chi connectivity index (χ0) is 23.3. The maximum Gasteiger partial charge on any atom is 0.282 e. The van der Waals surface area contributed by atoms with Crippen LogP contribution in [0.5, 0.6) is 0 Å². The second-order valence-corrected chi connectivity index (χ2v) is 9.11.